The van der Waals surface area contributed by atoms with E-state index in [0.717, 1.165) is 6.20 Å². The van der Waals surface area contributed by atoms with Gasteiger partial charge in [0.25, 0.3) is 5.92 Å². The molecule has 9 heteroatoms. The van der Waals surface area contributed by atoms with E-state index in [1.54, 1.807) is 12.3 Å². The number of aromatic nitrogens is 4. The van der Waals surface area contributed by atoms with Crippen LogP contribution in [0.1, 0.15) is 23.6 Å². The van der Waals surface area contributed by atoms with Gasteiger partial charge in [-0.25, -0.2) is 22.7 Å². The highest BCUT2D eigenvalue weighted by Gasteiger charge is 2.46. The minimum absolute atomic E-state index is 0.247. The van der Waals surface area contributed by atoms with E-state index in [1.165, 1.54) is 27.9 Å². The van der Waals surface area contributed by atoms with Gasteiger partial charge in [-0.15, -0.1) is 0 Å². The van der Waals surface area contributed by atoms with Gasteiger partial charge in [0.05, 0.1) is 25.0 Å². The van der Waals surface area contributed by atoms with Crippen molar-refractivity contribution in [3.8, 4) is 6.07 Å². The average molecular weight is 344 g/mol. The lowest BCUT2D eigenvalue weighted by Gasteiger charge is -2.25. The van der Waals surface area contributed by atoms with Gasteiger partial charge in [-0.1, -0.05) is 0 Å². The first-order valence-corrected chi connectivity index (χ1v) is 7.46. The molecule has 1 atom stereocenters. The van der Waals surface area contributed by atoms with Crippen molar-refractivity contribution in [1.82, 2.24) is 19.6 Å². The van der Waals surface area contributed by atoms with Gasteiger partial charge < -0.3 is 4.90 Å². The number of hydrogen-bond acceptors (Lipinski definition) is 5. The zero-order valence-electron chi connectivity index (χ0n) is 12.8. The van der Waals surface area contributed by atoms with Crippen LogP contribution in [0.2, 0.25) is 0 Å². The Morgan fingerprint density at radius 2 is 2.12 bits per heavy atom. The van der Waals surface area contributed by atoms with Crippen molar-refractivity contribution < 1.29 is 13.2 Å². The summed E-state index contributed by atoms with van der Waals surface area (Å²) in [6.07, 6.45) is 4.85. The summed E-state index contributed by atoms with van der Waals surface area (Å²) >= 11 is 0. The van der Waals surface area contributed by atoms with Crippen LogP contribution in [0, 0.1) is 17.1 Å². The van der Waals surface area contributed by atoms with E-state index in [1.807, 2.05) is 6.07 Å². The molecule has 1 unspecified atom stereocenters. The lowest BCUT2D eigenvalue weighted by molar-refractivity contribution is 0.0222. The Morgan fingerprint density at radius 1 is 1.28 bits per heavy atom. The molecule has 0 aliphatic carbocycles. The van der Waals surface area contributed by atoms with Crippen molar-refractivity contribution in [1.29, 1.82) is 5.26 Å². The van der Waals surface area contributed by atoms with Gasteiger partial charge in [0.15, 0.2) is 5.65 Å². The third-order valence-corrected chi connectivity index (χ3v) is 4.15. The van der Waals surface area contributed by atoms with Crippen molar-refractivity contribution >= 4 is 11.5 Å². The molecule has 6 nitrogen and oxygen atoms in total. The molecule has 25 heavy (non-hydrogen) atoms. The first-order valence-electron chi connectivity index (χ1n) is 7.46. The van der Waals surface area contributed by atoms with Gasteiger partial charge in [-0.2, -0.15) is 10.4 Å². The van der Waals surface area contributed by atoms with Crippen LogP contribution in [0.25, 0.3) is 5.65 Å². The number of hydrogen-bond donors (Lipinski definition) is 0. The monoisotopic (exact) mass is 344 g/mol. The quantitative estimate of drug-likeness (QED) is 0.715. The van der Waals surface area contributed by atoms with Gasteiger partial charge in [0.1, 0.15) is 23.3 Å². The van der Waals surface area contributed by atoms with Crippen LogP contribution in [0.5, 0.6) is 0 Å². The largest absolute Gasteiger partial charge is 0.343 e. The van der Waals surface area contributed by atoms with E-state index in [0.29, 0.717) is 5.56 Å². The molecular formula is C16H11F3N6. The summed E-state index contributed by atoms with van der Waals surface area (Å²) in [6.45, 7) is -0.548. The van der Waals surface area contributed by atoms with E-state index >= 15 is 0 Å². The second-order valence-electron chi connectivity index (χ2n) is 5.86. The predicted molar refractivity (Wildman–Crippen MR) is 81.5 cm³/mol. The highest BCUT2D eigenvalue weighted by atomic mass is 19.3. The zero-order valence-corrected chi connectivity index (χ0v) is 12.8. The summed E-state index contributed by atoms with van der Waals surface area (Å²) in [6, 6.07) is 3.94. The molecular weight excluding hydrogens is 333 g/mol. The highest BCUT2D eigenvalue weighted by Crippen LogP contribution is 2.43. The van der Waals surface area contributed by atoms with Crippen LogP contribution in [-0.4, -0.2) is 32.0 Å². The smallest absolute Gasteiger partial charge is 0.267 e. The molecule has 0 bridgehead atoms. The maximum Gasteiger partial charge on any atom is 0.267 e. The average Bonchev–Trinajstić information content (AvgIpc) is 3.14. The summed E-state index contributed by atoms with van der Waals surface area (Å²) in [5.41, 5.74) is 0.885. The molecule has 0 radical (unpaired) electrons. The maximum absolute atomic E-state index is 14.1. The molecule has 3 aromatic rings. The molecule has 0 amide bonds. The Morgan fingerprint density at radius 3 is 2.88 bits per heavy atom. The fraction of sp³-hybridized carbons (Fsp3) is 0.250. The number of anilines is 1. The van der Waals surface area contributed by atoms with Crippen LogP contribution in [0.15, 0.2) is 36.9 Å². The molecule has 1 aliphatic heterocycles. The summed E-state index contributed by atoms with van der Waals surface area (Å²) in [4.78, 5) is 9.47. The van der Waals surface area contributed by atoms with Crippen molar-refractivity contribution in [2.24, 2.45) is 0 Å². The minimum atomic E-state index is -2.94. The summed E-state index contributed by atoms with van der Waals surface area (Å²) in [7, 11) is 0. The van der Waals surface area contributed by atoms with E-state index < -0.39 is 30.7 Å². The van der Waals surface area contributed by atoms with E-state index in [2.05, 4.69) is 15.1 Å². The lowest BCUT2D eigenvalue weighted by Crippen LogP contribution is -2.27. The summed E-state index contributed by atoms with van der Waals surface area (Å²) in [5, 5.41) is 13.1. The number of alkyl halides is 2. The Hall–Kier alpha value is -3.15. The van der Waals surface area contributed by atoms with Crippen LogP contribution in [0.4, 0.5) is 19.0 Å². The summed E-state index contributed by atoms with van der Waals surface area (Å²) < 4.78 is 43.0. The molecule has 3 aromatic heterocycles. The molecule has 1 fully saturated rings. The van der Waals surface area contributed by atoms with Crippen molar-refractivity contribution in [2.45, 2.75) is 18.4 Å². The molecule has 1 aliphatic rings. The number of pyridine rings is 1. The molecule has 126 valence electrons. The first kappa shape index (κ1) is 15.4. The third-order valence-electron chi connectivity index (χ3n) is 4.15. The number of rotatable bonds is 2. The Labute approximate surface area is 140 Å². The van der Waals surface area contributed by atoms with Gasteiger partial charge in [0.2, 0.25) is 0 Å². The molecule has 0 saturated carbocycles. The molecule has 0 spiro atoms. The van der Waals surface area contributed by atoms with E-state index in [9.17, 15) is 13.2 Å². The SMILES string of the molecule is N#Cc1cnn2ccc(N3CC(F)(F)CC3c3cncc(F)c3)nc12. The fourth-order valence-corrected chi connectivity index (χ4v) is 3.06. The molecule has 0 N–H and O–H groups in total. The second kappa shape index (κ2) is 5.44. The zero-order chi connectivity index (χ0) is 17.6. The Kier molecular flexibility index (Phi) is 3.35. The van der Waals surface area contributed by atoms with Gasteiger partial charge in [0, 0.05) is 18.8 Å². The topological polar surface area (TPSA) is 70.1 Å². The Bertz CT molecular complexity index is 993. The minimum Gasteiger partial charge on any atom is -0.343 e. The van der Waals surface area contributed by atoms with Gasteiger partial charge in [-0.05, 0) is 17.7 Å². The van der Waals surface area contributed by atoms with Crippen molar-refractivity contribution in [3.05, 3.63) is 53.9 Å². The van der Waals surface area contributed by atoms with Crippen LogP contribution < -0.4 is 4.90 Å². The first-order chi connectivity index (χ1) is 12.0. The number of nitriles is 1. The number of nitrogens with zero attached hydrogens (tertiary/aromatic N) is 6. The van der Waals surface area contributed by atoms with Crippen LogP contribution in [-0.2, 0) is 0 Å². The van der Waals surface area contributed by atoms with Gasteiger partial charge >= 0.3 is 0 Å². The Balaban J connectivity index is 1.80. The third kappa shape index (κ3) is 2.65. The molecule has 1 saturated heterocycles. The normalized spacial score (nSPS) is 19.3. The van der Waals surface area contributed by atoms with Crippen LogP contribution >= 0.6 is 0 Å². The maximum atomic E-state index is 14.1. The van der Waals surface area contributed by atoms with Crippen LogP contribution in [0.3, 0.4) is 0 Å². The standard InChI is InChI=1S/C16H11F3N6/c17-12-3-10(6-21-8-12)13-4-16(18,19)9-24(13)14-1-2-25-15(23-14)11(5-20)7-22-25/h1-3,6-8,13H,4,9H2. The van der Waals surface area contributed by atoms with E-state index in [-0.39, 0.29) is 17.0 Å². The number of halogens is 3. The molecule has 4 rings (SSSR count). The fourth-order valence-electron chi connectivity index (χ4n) is 3.06. The van der Waals surface area contributed by atoms with Crippen molar-refractivity contribution in [2.75, 3.05) is 11.4 Å². The number of fused-ring (bicyclic) bond motifs is 1. The molecule has 4 heterocycles. The molecule has 0 aromatic carbocycles. The second-order valence-corrected chi connectivity index (χ2v) is 5.86. The lowest BCUT2D eigenvalue weighted by atomic mass is 10.1. The van der Waals surface area contributed by atoms with Crippen molar-refractivity contribution in [3.63, 3.8) is 0 Å². The summed E-state index contributed by atoms with van der Waals surface area (Å²) in [5.74, 6) is -3.25. The van der Waals surface area contributed by atoms with Gasteiger partial charge in [-0.3, -0.25) is 4.98 Å². The van der Waals surface area contributed by atoms with E-state index in [4.69, 9.17) is 5.26 Å². The highest BCUT2D eigenvalue weighted by molar-refractivity contribution is 5.58. The predicted octanol–water partition coefficient (Wildman–Crippen LogP) is 2.72.